The molecule has 1 aliphatic rings. The maximum atomic E-state index is 6.00. The first kappa shape index (κ1) is 15.3. The number of pyridine rings is 1. The first-order valence-corrected chi connectivity index (χ1v) is 8.06. The van der Waals surface area contributed by atoms with Crippen molar-refractivity contribution in [2.75, 3.05) is 13.2 Å². The summed E-state index contributed by atoms with van der Waals surface area (Å²) in [5.41, 5.74) is 7.31. The molecule has 3 nitrogen and oxygen atoms in total. The van der Waals surface area contributed by atoms with E-state index >= 15 is 0 Å². The molecule has 0 aliphatic heterocycles. The third-order valence-electron chi connectivity index (χ3n) is 4.58. The smallest absolute Gasteiger partial charge is 0.137 e. The predicted molar refractivity (Wildman–Crippen MR) is 82.9 cm³/mol. The van der Waals surface area contributed by atoms with E-state index in [-0.39, 0.29) is 0 Å². The van der Waals surface area contributed by atoms with Crippen molar-refractivity contribution in [2.45, 2.75) is 51.9 Å². The second kappa shape index (κ2) is 7.63. The summed E-state index contributed by atoms with van der Waals surface area (Å²) in [6.07, 6.45) is 10.3. The number of rotatable bonds is 6. The highest BCUT2D eigenvalue weighted by molar-refractivity contribution is 5.27. The molecule has 20 heavy (non-hydrogen) atoms. The van der Waals surface area contributed by atoms with Crippen molar-refractivity contribution in [3.8, 4) is 5.75 Å². The minimum atomic E-state index is 0.554. The van der Waals surface area contributed by atoms with Gasteiger partial charge in [0, 0.05) is 6.20 Å². The molecule has 1 fully saturated rings. The van der Waals surface area contributed by atoms with Gasteiger partial charge in [0.25, 0.3) is 0 Å². The van der Waals surface area contributed by atoms with Gasteiger partial charge in [0.05, 0.1) is 12.8 Å². The highest BCUT2D eigenvalue weighted by Crippen LogP contribution is 2.42. The number of nitrogens with zero attached hydrogens (tertiary/aromatic N) is 1. The first-order valence-electron chi connectivity index (χ1n) is 8.06. The van der Waals surface area contributed by atoms with E-state index in [1.807, 2.05) is 13.1 Å². The van der Waals surface area contributed by atoms with Gasteiger partial charge in [0.1, 0.15) is 5.75 Å². The molecule has 1 aromatic heterocycles. The minimum absolute atomic E-state index is 0.554. The van der Waals surface area contributed by atoms with Crippen molar-refractivity contribution in [1.82, 2.24) is 4.98 Å². The fraction of sp³-hybridized carbons (Fsp3) is 0.706. The van der Waals surface area contributed by atoms with Gasteiger partial charge in [-0.1, -0.05) is 26.2 Å². The Bertz CT molecular complexity index is 408. The largest absolute Gasteiger partial charge is 0.492 e. The lowest BCUT2D eigenvalue weighted by atomic mass is 9.70. The fourth-order valence-corrected chi connectivity index (χ4v) is 3.57. The highest BCUT2D eigenvalue weighted by atomic mass is 16.5. The fourth-order valence-electron chi connectivity index (χ4n) is 3.57. The predicted octanol–water partition coefficient (Wildman–Crippen LogP) is 3.74. The molecule has 2 N–H and O–H groups in total. The second-order valence-corrected chi connectivity index (χ2v) is 5.96. The zero-order valence-corrected chi connectivity index (χ0v) is 12.8. The van der Waals surface area contributed by atoms with Crippen LogP contribution in [0.15, 0.2) is 18.5 Å². The summed E-state index contributed by atoms with van der Waals surface area (Å²) in [6.45, 7) is 5.76. The van der Waals surface area contributed by atoms with Gasteiger partial charge in [-0.3, -0.25) is 4.98 Å². The Hall–Kier alpha value is -1.09. The van der Waals surface area contributed by atoms with E-state index in [1.54, 1.807) is 6.20 Å². The number of aromatic nitrogens is 1. The summed E-state index contributed by atoms with van der Waals surface area (Å²) in [4.78, 5) is 4.35. The molecule has 112 valence electrons. The van der Waals surface area contributed by atoms with Crippen molar-refractivity contribution >= 4 is 0 Å². The molecule has 0 aromatic carbocycles. The summed E-state index contributed by atoms with van der Waals surface area (Å²) in [6, 6.07) is 2.16. The normalized spacial score (nSPS) is 26.4. The van der Waals surface area contributed by atoms with E-state index < -0.39 is 0 Å². The average Bonchev–Trinajstić information content (AvgIpc) is 2.48. The summed E-state index contributed by atoms with van der Waals surface area (Å²) in [5.74, 6) is 2.89. The highest BCUT2D eigenvalue weighted by Gasteiger charge is 2.30. The molecule has 0 spiro atoms. The Morgan fingerprint density at radius 2 is 2.15 bits per heavy atom. The monoisotopic (exact) mass is 276 g/mol. The Labute approximate surface area is 122 Å². The van der Waals surface area contributed by atoms with Gasteiger partial charge in [0.15, 0.2) is 0 Å². The van der Waals surface area contributed by atoms with E-state index in [0.717, 1.165) is 18.2 Å². The molecular formula is C17H28N2O. The van der Waals surface area contributed by atoms with Crippen LogP contribution in [-0.2, 0) is 0 Å². The van der Waals surface area contributed by atoms with Crippen molar-refractivity contribution in [2.24, 2.45) is 17.6 Å². The van der Waals surface area contributed by atoms with Crippen LogP contribution < -0.4 is 10.5 Å². The van der Waals surface area contributed by atoms with Crippen LogP contribution >= 0.6 is 0 Å². The van der Waals surface area contributed by atoms with Crippen LogP contribution in [0.3, 0.4) is 0 Å². The lowest BCUT2D eigenvalue weighted by Gasteiger charge is -2.36. The molecule has 1 aromatic rings. The number of hydrogen-bond donors (Lipinski definition) is 1. The molecule has 3 unspecified atom stereocenters. The number of nitrogens with two attached hydrogens (primary N) is 1. The van der Waals surface area contributed by atoms with Crippen LogP contribution in [0.4, 0.5) is 0 Å². The third kappa shape index (κ3) is 3.72. The molecule has 3 atom stereocenters. The molecule has 3 heteroatoms. The van der Waals surface area contributed by atoms with Gasteiger partial charge in [-0.15, -0.1) is 0 Å². The summed E-state index contributed by atoms with van der Waals surface area (Å²) in [5, 5.41) is 0. The number of ether oxygens (including phenoxy) is 1. The first-order chi connectivity index (χ1) is 9.78. The SMILES string of the molecule is CCCC1CCC(CN)C(c2cncc(OCC)c2)C1. The van der Waals surface area contributed by atoms with Gasteiger partial charge in [-0.05, 0) is 55.7 Å². The van der Waals surface area contributed by atoms with Gasteiger partial charge in [-0.25, -0.2) is 0 Å². The Morgan fingerprint density at radius 3 is 2.85 bits per heavy atom. The summed E-state index contributed by atoms with van der Waals surface area (Å²) < 4.78 is 5.59. The summed E-state index contributed by atoms with van der Waals surface area (Å²) in [7, 11) is 0. The molecule has 2 rings (SSSR count). The zero-order valence-electron chi connectivity index (χ0n) is 12.8. The maximum absolute atomic E-state index is 6.00. The zero-order chi connectivity index (χ0) is 14.4. The Balaban J connectivity index is 2.15. The average molecular weight is 276 g/mol. The molecule has 0 bridgehead atoms. The van der Waals surface area contributed by atoms with E-state index in [0.29, 0.717) is 18.4 Å². The Morgan fingerprint density at radius 1 is 1.30 bits per heavy atom. The van der Waals surface area contributed by atoms with Crippen molar-refractivity contribution in [1.29, 1.82) is 0 Å². The van der Waals surface area contributed by atoms with E-state index in [9.17, 15) is 0 Å². The maximum Gasteiger partial charge on any atom is 0.137 e. The van der Waals surface area contributed by atoms with Crippen molar-refractivity contribution in [3.63, 3.8) is 0 Å². The molecule has 1 aliphatic carbocycles. The lowest BCUT2D eigenvalue weighted by molar-refractivity contribution is 0.229. The van der Waals surface area contributed by atoms with E-state index in [4.69, 9.17) is 10.5 Å². The number of hydrogen-bond acceptors (Lipinski definition) is 3. The van der Waals surface area contributed by atoms with Gasteiger partial charge >= 0.3 is 0 Å². The molecule has 1 heterocycles. The topological polar surface area (TPSA) is 48.1 Å². The standard InChI is InChI=1S/C17H28N2O/c1-3-5-13-6-7-14(10-18)17(8-13)15-9-16(20-4-2)12-19-11-15/h9,11-14,17H,3-8,10,18H2,1-2H3. The van der Waals surface area contributed by atoms with Crippen LogP contribution in [-0.4, -0.2) is 18.1 Å². The lowest BCUT2D eigenvalue weighted by Crippen LogP contribution is -2.29. The van der Waals surface area contributed by atoms with Crippen LogP contribution in [0, 0.1) is 11.8 Å². The molecule has 1 saturated carbocycles. The van der Waals surface area contributed by atoms with Crippen LogP contribution in [0.1, 0.15) is 57.4 Å². The molecule has 0 amide bonds. The molecule has 0 saturated heterocycles. The van der Waals surface area contributed by atoms with E-state index in [2.05, 4.69) is 18.0 Å². The summed E-state index contributed by atoms with van der Waals surface area (Å²) >= 11 is 0. The van der Waals surface area contributed by atoms with E-state index in [1.165, 1.54) is 37.7 Å². The van der Waals surface area contributed by atoms with Crippen LogP contribution in [0.2, 0.25) is 0 Å². The van der Waals surface area contributed by atoms with Crippen LogP contribution in [0.25, 0.3) is 0 Å². The minimum Gasteiger partial charge on any atom is -0.492 e. The molecular weight excluding hydrogens is 248 g/mol. The second-order valence-electron chi connectivity index (χ2n) is 5.96. The van der Waals surface area contributed by atoms with Crippen LogP contribution in [0.5, 0.6) is 5.75 Å². The van der Waals surface area contributed by atoms with Gasteiger partial charge < -0.3 is 10.5 Å². The van der Waals surface area contributed by atoms with Crippen molar-refractivity contribution < 1.29 is 4.74 Å². The quantitative estimate of drug-likeness (QED) is 0.861. The van der Waals surface area contributed by atoms with Crippen molar-refractivity contribution in [3.05, 3.63) is 24.0 Å². The molecule has 0 radical (unpaired) electrons. The van der Waals surface area contributed by atoms with Gasteiger partial charge in [-0.2, -0.15) is 0 Å². The Kier molecular flexibility index (Phi) is 5.84. The van der Waals surface area contributed by atoms with Gasteiger partial charge in [0.2, 0.25) is 0 Å². The third-order valence-corrected chi connectivity index (χ3v) is 4.58.